The van der Waals surface area contributed by atoms with E-state index in [2.05, 4.69) is 0 Å². The van der Waals surface area contributed by atoms with E-state index in [0.717, 1.165) is 24.8 Å². The second-order valence-electron chi connectivity index (χ2n) is 9.81. The molecule has 1 unspecified atom stereocenters. The number of methoxy groups -OCH3 is 3. The molecular formula is C29H44O8. The molecule has 0 amide bonds. The van der Waals surface area contributed by atoms with Crippen LogP contribution in [0.15, 0.2) is 53.8 Å². The Bertz CT molecular complexity index is 883. The molecule has 2 rings (SSSR count). The maximum atomic E-state index is 13.1. The summed E-state index contributed by atoms with van der Waals surface area (Å²) in [5.74, 6) is -2.14. The van der Waals surface area contributed by atoms with Crippen LogP contribution in [-0.2, 0) is 23.7 Å². The molecule has 1 aromatic carbocycles. The Kier molecular flexibility index (Phi) is 12.8. The Labute approximate surface area is 220 Å². The third kappa shape index (κ3) is 8.38. The van der Waals surface area contributed by atoms with Crippen LogP contribution in [0.5, 0.6) is 0 Å². The highest BCUT2D eigenvalue weighted by atomic mass is 16.5. The lowest BCUT2D eigenvalue weighted by atomic mass is 9.85. The SMILES string of the molecule is CO[C@H]1CCCC[C@@H](c2ccccc2)OC(=O)/C(C)=C(\O)[C@H](OC)[C@@H](O)[C@H](C)C(O)[C@@H](C)/C=C/[C@H]1OC. The molecule has 1 aliphatic heterocycles. The van der Waals surface area contributed by atoms with E-state index in [0.29, 0.717) is 6.42 Å². The number of cyclic esters (lactones) is 1. The van der Waals surface area contributed by atoms with Gasteiger partial charge in [0, 0.05) is 33.2 Å². The van der Waals surface area contributed by atoms with Gasteiger partial charge in [0.2, 0.25) is 0 Å². The van der Waals surface area contributed by atoms with Gasteiger partial charge in [-0.25, -0.2) is 4.79 Å². The molecular weight excluding hydrogens is 476 g/mol. The fraction of sp³-hybridized carbons (Fsp3) is 0.621. The quantitative estimate of drug-likeness (QED) is 0.398. The molecule has 0 fully saturated rings. The summed E-state index contributed by atoms with van der Waals surface area (Å²) in [5.41, 5.74) is 0.803. The van der Waals surface area contributed by atoms with Crippen LogP contribution in [-0.4, -0.2) is 73.1 Å². The molecule has 1 aromatic rings. The number of carbonyl (C=O) groups is 1. The van der Waals surface area contributed by atoms with E-state index >= 15 is 0 Å². The van der Waals surface area contributed by atoms with Crippen molar-refractivity contribution >= 4 is 5.97 Å². The van der Waals surface area contributed by atoms with Gasteiger partial charge in [0.25, 0.3) is 0 Å². The minimum Gasteiger partial charge on any atom is -0.509 e. The van der Waals surface area contributed by atoms with E-state index in [-0.39, 0.29) is 23.7 Å². The monoisotopic (exact) mass is 520 g/mol. The van der Waals surface area contributed by atoms with Crippen molar-refractivity contribution in [2.45, 2.75) is 83.1 Å². The average molecular weight is 521 g/mol. The predicted octanol–water partition coefficient (Wildman–Crippen LogP) is 4.27. The van der Waals surface area contributed by atoms with Crippen molar-refractivity contribution in [3.63, 3.8) is 0 Å². The number of benzene rings is 1. The van der Waals surface area contributed by atoms with Gasteiger partial charge >= 0.3 is 5.97 Å². The molecule has 0 spiro atoms. The average Bonchev–Trinajstić information content (AvgIpc) is 2.92. The van der Waals surface area contributed by atoms with Gasteiger partial charge in [-0.05, 0) is 31.7 Å². The van der Waals surface area contributed by atoms with Crippen LogP contribution in [0.3, 0.4) is 0 Å². The van der Waals surface area contributed by atoms with Crippen molar-refractivity contribution in [2.75, 3.05) is 21.3 Å². The second-order valence-corrected chi connectivity index (χ2v) is 9.81. The Balaban J connectivity index is 2.44. The molecule has 0 aliphatic carbocycles. The van der Waals surface area contributed by atoms with Crippen molar-refractivity contribution in [3.8, 4) is 0 Å². The highest BCUT2D eigenvalue weighted by Crippen LogP contribution is 2.29. The van der Waals surface area contributed by atoms with Gasteiger partial charge in [0.15, 0.2) is 0 Å². The first kappa shape index (κ1) is 31.0. The molecule has 1 aliphatic rings. The maximum absolute atomic E-state index is 13.1. The molecule has 0 saturated carbocycles. The number of hydrogen-bond donors (Lipinski definition) is 3. The van der Waals surface area contributed by atoms with Crippen LogP contribution >= 0.6 is 0 Å². The molecule has 0 radical (unpaired) electrons. The van der Waals surface area contributed by atoms with E-state index in [4.69, 9.17) is 18.9 Å². The van der Waals surface area contributed by atoms with Crippen molar-refractivity contribution < 1.29 is 39.1 Å². The number of rotatable bonds is 4. The highest BCUT2D eigenvalue weighted by Gasteiger charge is 2.36. The summed E-state index contributed by atoms with van der Waals surface area (Å²) in [6.45, 7) is 4.95. The van der Waals surface area contributed by atoms with E-state index in [1.807, 2.05) is 49.4 Å². The van der Waals surface area contributed by atoms with Crippen molar-refractivity contribution in [1.82, 2.24) is 0 Å². The smallest absolute Gasteiger partial charge is 0.337 e. The molecule has 37 heavy (non-hydrogen) atoms. The van der Waals surface area contributed by atoms with Crippen molar-refractivity contribution in [1.29, 1.82) is 0 Å². The first-order valence-corrected chi connectivity index (χ1v) is 12.9. The standard InChI is InChI=1S/C29H44O8/c1-18-16-17-24(35-5)23(34-4)15-11-10-14-22(21-12-8-7-9-13-21)37-29(33)20(3)27(32)28(36-6)26(31)19(2)25(18)30/h7-9,12-13,16-19,22-26,28,30-32H,10-11,14-15H2,1-6H3/b17-16+,27-20-/t18-,19+,22-,23-,24+,25?,26-,28+/m0/s1. The van der Waals surface area contributed by atoms with E-state index in [9.17, 15) is 20.1 Å². The zero-order valence-corrected chi connectivity index (χ0v) is 22.9. The lowest BCUT2D eigenvalue weighted by Crippen LogP contribution is -2.43. The first-order chi connectivity index (χ1) is 17.7. The molecule has 8 heteroatoms. The Hall–Kier alpha value is -2.23. The van der Waals surface area contributed by atoms with Crippen molar-refractivity contribution in [2.24, 2.45) is 11.8 Å². The third-order valence-corrected chi connectivity index (χ3v) is 7.31. The van der Waals surface area contributed by atoms with Gasteiger partial charge in [-0.15, -0.1) is 0 Å². The number of esters is 1. The summed E-state index contributed by atoms with van der Waals surface area (Å²) in [4.78, 5) is 13.1. The number of carbonyl (C=O) groups excluding carboxylic acids is 1. The Morgan fingerprint density at radius 1 is 0.892 bits per heavy atom. The Morgan fingerprint density at radius 2 is 1.54 bits per heavy atom. The van der Waals surface area contributed by atoms with E-state index < -0.39 is 42.1 Å². The lowest BCUT2D eigenvalue weighted by Gasteiger charge is -2.32. The second kappa shape index (κ2) is 15.2. The summed E-state index contributed by atoms with van der Waals surface area (Å²) in [6, 6.07) is 9.47. The minimum atomic E-state index is -1.28. The summed E-state index contributed by atoms with van der Waals surface area (Å²) >= 11 is 0. The van der Waals surface area contributed by atoms with E-state index in [1.54, 1.807) is 21.1 Å². The van der Waals surface area contributed by atoms with Crippen LogP contribution in [0.2, 0.25) is 0 Å². The topological polar surface area (TPSA) is 115 Å². The largest absolute Gasteiger partial charge is 0.509 e. The number of aliphatic hydroxyl groups is 3. The van der Waals surface area contributed by atoms with Gasteiger partial charge in [-0.3, -0.25) is 0 Å². The van der Waals surface area contributed by atoms with Crippen LogP contribution in [0, 0.1) is 11.8 Å². The molecule has 8 atom stereocenters. The highest BCUT2D eigenvalue weighted by molar-refractivity contribution is 5.88. The normalized spacial score (nSPS) is 36.3. The number of hydrogen-bond acceptors (Lipinski definition) is 8. The van der Waals surface area contributed by atoms with Crippen LogP contribution < -0.4 is 0 Å². The Morgan fingerprint density at radius 3 is 2.14 bits per heavy atom. The molecule has 3 N–H and O–H groups in total. The fourth-order valence-electron chi connectivity index (χ4n) is 4.71. The molecule has 0 saturated heterocycles. The summed E-state index contributed by atoms with van der Waals surface area (Å²) in [6.07, 6.45) is 2.17. The molecule has 8 nitrogen and oxygen atoms in total. The number of ether oxygens (including phenoxy) is 4. The predicted molar refractivity (Wildman–Crippen MR) is 141 cm³/mol. The van der Waals surface area contributed by atoms with Crippen LogP contribution in [0.25, 0.3) is 0 Å². The molecule has 1 heterocycles. The van der Waals surface area contributed by atoms with Crippen LogP contribution in [0.1, 0.15) is 58.1 Å². The minimum absolute atomic E-state index is 0.0510. The fourth-order valence-corrected chi connectivity index (χ4v) is 4.71. The molecule has 0 bridgehead atoms. The third-order valence-electron chi connectivity index (χ3n) is 7.31. The molecule has 208 valence electrons. The molecule has 0 aromatic heterocycles. The van der Waals surface area contributed by atoms with Gasteiger partial charge in [-0.1, -0.05) is 62.8 Å². The first-order valence-electron chi connectivity index (χ1n) is 12.9. The maximum Gasteiger partial charge on any atom is 0.337 e. The van der Waals surface area contributed by atoms with Gasteiger partial charge in [0.1, 0.15) is 24.1 Å². The van der Waals surface area contributed by atoms with Crippen LogP contribution in [0.4, 0.5) is 0 Å². The summed E-state index contributed by atoms with van der Waals surface area (Å²) in [5, 5.41) is 32.8. The van der Waals surface area contributed by atoms with Gasteiger partial charge < -0.3 is 34.3 Å². The van der Waals surface area contributed by atoms with Crippen molar-refractivity contribution in [3.05, 3.63) is 59.4 Å². The van der Waals surface area contributed by atoms with Gasteiger partial charge in [-0.2, -0.15) is 0 Å². The zero-order valence-electron chi connectivity index (χ0n) is 22.9. The lowest BCUT2D eigenvalue weighted by molar-refractivity contribution is -0.145. The van der Waals surface area contributed by atoms with Gasteiger partial charge in [0.05, 0.1) is 23.9 Å². The zero-order chi connectivity index (χ0) is 27.5. The van der Waals surface area contributed by atoms with E-state index in [1.165, 1.54) is 14.0 Å². The summed E-state index contributed by atoms with van der Waals surface area (Å²) in [7, 11) is 4.60. The number of aliphatic hydroxyl groups excluding tert-OH is 3. The summed E-state index contributed by atoms with van der Waals surface area (Å²) < 4.78 is 22.6.